The second-order valence-corrected chi connectivity index (χ2v) is 5.40. The molecule has 3 rings (SSSR count). The van der Waals surface area contributed by atoms with Crippen molar-refractivity contribution in [3.05, 3.63) is 29.6 Å². The first-order valence-corrected chi connectivity index (χ1v) is 6.69. The van der Waals surface area contributed by atoms with Crippen molar-refractivity contribution in [3.8, 4) is 0 Å². The lowest BCUT2D eigenvalue weighted by Gasteiger charge is -2.33. The third-order valence-electron chi connectivity index (χ3n) is 3.97. The summed E-state index contributed by atoms with van der Waals surface area (Å²) in [6, 6.07) is 4.90. The van der Waals surface area contributed by atoms with Gasteiger partial charge in [0.25, 0.3) is 0 Å². The van der Waals surface area contributed by atoms with E-state index >= 15 is 0 Å². The molecule has 3 heteroatoms. The molecule has 1 aliphatic heterocycles. The number of hydrogen-bond donors (Lipinski definition) is 1. The fourth-order valence-electron chi connectivity index (χ4n) is 2.70. The Morgan fingerprint density at radius 1 is 1.47 bits per heavy atom. The molecule has 2 fully saturated rings. The molecule has 0 aromatic carbocycles. The molecule has 3 nitrogen and oxygen atoms in total. The van der Waals surface area contributed by atoms with E-state index in [-0.39, 0.29) is 0 Å². The zero-order valence-electron chi connectivity index (χ0n) is 10.5. The van der Waals surface area contributed by atoms with Crippen molar-refractivity contribution in [1.29, 1.82) is 0 Å². The Morgan fingerprint density at radius 3 is 3.12 bits per heavy atom. The maximum atomic E-state index is 4.50. The normalized spacial score (nSPS) is 26.1. The molecule has 1 aliphatic carbocycles. The molecule has 1 atom stereocenters. The van der Waals surface area contributed by atoms with E-state index in [1.165, 1.54) is 30.6 Å². The predicted molar refractivity (Wildman–Crippen MR) is 68.8 cm³/mol. The van der Waals surface area contributed by atoms with E-state index in [0.29, 0.717) is 0 Å². The van der Waals surface area contributed by atoms with E-state index in [2.05, 4.69) is 28.2 Å². The van der Waals surface area contributed by atoms with Crippen LogP contribution in [0.1, 0.15) is 24.1 Å². The first kappa shape index (κ1) is 11.2. The Labute approximate surface area is 103 Å². The molecule has 1 aromatic heterocycles. The molecule has 92 valence electrons. The number of hydrogen-bond acceptors (Lipinski definition) is 3. The minimum Gasteiger partial charge on any atom is -0.311 e. The Bertz CT molecular complexity index is 387. The lowest BCUT2D eigenvalue weighted by atomic mass is 10.1. The standard InChI is InChI=1S/C14H21N3/c1-11-3-2-6-15-13(11)9-17-8-7-16-14(10-17)12-4-5-12/h2-3,6,12,14,16H,4-5,7-10H2,1H3. The van der Waals surface area contributed by atoms with Gasteiger partial charge in [0.1, 0.15) is 0 Å². The van der Waals surface area contributed by atoms with Crippen LogP contribution in [0.3, 0.4) is 0 Å². The number of nitrogens with zero attached hydrogens (tertiary/aromatic N) is 2. The highest BCUT2D eigenvalue weighted by molar-refractivity contribution is 5.17. The molecule has 17 heavy (non-hydrogen) atoms. The monoisotopic (exact) mass is 231 g/mol. The summed E-state index contributed by atoms with van der Waals surface area (Å²) in [6.45, 7) is 6.65. The lowest BCUT2D eigenvalue weighted by molar-refractivity contribution is 0.179. The Hall–Kier alpha value is -0.930. The van der Waals surface area contributed by atoms with E-state index in [1.54, 1.807) is 0 Å². The zero-order chi connectivity index (χ0) is 11.7. The van der Waals surface area contributed by atoms with Crippen LogP contribution in [0.15, 0.2) is 18.3 Å². The van der Waals surface area contributed by atoms with Crippen LogP contribution in [0.5, 0.6) is 0 Å². The molecular formula is C14H21N3. The zero-order valence-corrected chi connectivity index (χ0v) is 10.5. The average molecular weight is 231 g/mol. The highest BCUT2D eigenvalue weighted by Crippen LogP contribution is 2.33. The minimum absolute atomic E-state index is 0.729. The molecular weight excluding hydrogens is 210 g/mol. The van der Waals surface area contributed by atoms with Crippen molar-refractivity contribution in [2.45, 2.75) is 32.4 Å². The largest absolute Gasteiger partial charge is 0.311 e. The molecule has 0 radical (unpaired) electrons. The van der Waals surface area contributed by atoms with Crippen molar-refractivity contribution >= 4 is 0 Å². The summed E-state index contributed by atoms with van der Waals surface area (Å²) in [5.41, 5.74) is 2.55. The fraction of sp³-hybridized carbons (Fsp3) is 0.643. The molecule has 0 bridgehead atoms. The van der Waals surface area contributed by atoms with Crippen LogP contribution in [0.4, 0.5) is 0 Å². The van der Waals surface area contributed by atoms with Gasteiger partial charge in [-0.15, -0.1) is 0 Å². The summed E-state index contributed by atoms with van der Waals surface area (Å²) in [5.74, 6) is 0.947. The quantitative estimate of drug-likeness (QED) is 0.856. The molecule has 2 aliphatic rings. The fourth-order valence-corrected chi connectivity index (χ4v) is 2.70. The summed E-state index contributed by atoms with van der Waals surface area (Å²) >= 11 is 0. The number of aryl methyl sites for hydroxylation is 1. The Morgan fingerprint density at radius 2 is 2.35 bits per heavy atom. The maximum Gasteiger partial charge on any atom is 0.0573 e. The van der Waals surface area contributed by atoms with Gasteiger partial charge in [0, 0.05) is 38.4 Å². The van der Waals surface area contributed by atoms with Gasteiger partial charge in [-0.05, 0) is 37.3 Å². The number of piperazine rings is 1. The van der Waals surface area contributed by atoms with Gasteiger partial charge in [-0.3, -0.25) is 9.88 Å². The molecule has 0 amide bonds. The van der Waals surface area contributed by atoms with Gasteiger partial charge in [-0.1, -0.05) is 6.07 Å². The molecule has 1 saturated carbocycles. The van der Waals surface area contributed by atoms with E-state index in [9.17, 15) is 0 Å². The minimum atomic E-state index is 0.729. The van der Waals surface area contributed by atoms with Crippen molar-refractivity contribution < 1.29 is 0 Å². The number of aromatic nitrogens is 1. The molecule has 1 aromatic rings. The topological polar surface area (TPSA) is 28.2 Å². The van der Waals surface area contributed by atoms with Crippen LogP contribution in [0, 0.1) is 12.8 Å². The van der Waals surface area contributed by atoms with E-state index in [4.69, 9.17) is 0 Å². The first-order chi connectivity index (χ1) is 8.33. The van der Waals surface area contributed by atoms with Crippen LogP contribution < -0.4 is 5.32 Å². The molecule has 1 saturated heterocycles. The molecule has 0 spiro atoms. The van der Waals surface area contributed by atoms with Gasteiger partial charge in [0.2, 0.25) is 0 Å². The van der Waals surface area contributed by atoms with Gasteiger partial charge in [0.05, 0.1) is 5.69 Å². The Balaban J connectivity index is 1.62. The van der Waals surface area contributed by atoms with Crippen molar-refractivity contribution in [1.82, 2.24) is 15.2 Å². The van der Waals surface area contributed by atoms with Crippen molar-refractivity contribution in [3.63, 3.8) is 0 Å². The van der Waals surface area contributed by atoms with Gasteiger partial charge >= 0.3 is 0 Å². The lowest BCUT2D eigenvalue weighted by Crippen LogP contribution is -2.51. The summed E-state index contributed by atoms with van der Waals surface area (Å²) in [4.78, 5) is 7.05. The first-order valence-electron chi connectivity index (χ1n) is 6.69. The van der Waals surface area contributed by atoms with Crippen LogP contribution in [-0.2, 0) is 6.54 Å². The average Bonchev–Trinajstić information content (AvgIpc) is 3.17. The van der Waals surface area contributed by atoms with Crippen molar-refractivity contribution in [2.75, 3.05) is 19.6 Å². The van der Waals surface area contributed by atoms with Gasteiger partial charge in [-0.2, -0.15) is 0 Å². The Kier molecular flexibility index (Phi) is 3.12. The number of rotatable bonds is 3. The van der Waals surface area contributed by atoms with Crippen LogP contribution in [0.2, 0.25) is 0 Å². The maximum absolute atomic E-state index is 4.50. The van der Waals surface area contributed by atoms with Crippen LogP contribution in [-0.4, -0.2) is 35.6 Å². The predicted octanol–water partition coefficient (Wildman–Crippen LogP) is 1.57. The van der Waals surface area contributed by atoms with Gasteiger partial charge < -0.3 is 5.32 Å². The summed E-state index contributed by atoms with van der Waals surface area (Å²) in [5, 5.41) is 3.65. The van der Waals surface area contributed by atoms with Gasteiger partial charge in [0.15, 0.2) is 0 Å². The van der Waals surface area contributed by atoms with E-state index in [0.717, 1.165) is 31.6 Å². The third kappa shape index (κ3) is 2.67. The SMILES string of the molecule is Cc1cccnc1CN1CCNC(C2CC2)C1. The number of nitrogens with one attached hydrogen (secondary N) is 1. The summed E-state index contributed by atoms with van der Waals surface area (Å²) in [6.07, 6.45) is 4.76. The van der Waals surface area contributed by atoms with Crippen LogP contribution >= 0.6 is 0 Å². The molecule has 1 unspecified atom stereocenters. The summed E-state index contributed by atoms with van der Waals surface area (Å²) < 4.78 is 0. The van der Waals surface area contributed by atoms with E-state index in [1.807, 2.05) is 12.3 Å². The second-order valence-electron chi connectivity index (χ2n) is 5.40. The second kappa shape index (κ2) is 4.75. The highest BCUT2D eigenvalue weighted by atomic mass is 15.2. The third-order valence-corrected chi connectivity index (χ3v) is 3.97. The van der Waals surface area contributed by atoms with Crippen molar-refractivity contribution in [2.24, 2.45) is 5.92 Å². The van der Waals surface area contributed by atoms with Crippen LogP contribution in [0.25, 0.3) is 0 Å². The highest BCUT2D eigenvalue weighted by Gasteiger charge is 2.33. The smallest absolute Gasteiger partial charge is 0.0573 e. The molecule has 2 heterocycles. The van der Waals surface area contributed by atoms with E-state index < -0.39 is 0 Å². The number of pyridine rings is 1. The van der Waals surface area contributed by atoms with Gasteiger partial charge in [-0.25, -0.2) is 0 Å². The molecule has 1 N–H and O–H groups in total. The summed E-state index contributed by atoms with van der Waals surface area (Å²) in [7, 11) is 0.